The highest BCUT2D eigenvalue weighted by atomic mass is 35.5. The molecule has 1 atom stereocenters. The van der Waals surface area contributed by atoms with Crippen LogP contribution in [0.15, 0.2) is 53.0 Å². The third-order valence-electron chi connectivity index (χ3n) is 5.20. The number of hydrogen-bond acceptors (Lipinski definition) is 7. The Balaban J connectivity index is 1.35. The van der Waals surface area contributed by atoms with Crippen molar-refractivity contribution in [2.75, 3.05) is 11.1 Å². The molecule has 192 valence electrons. The van der Waals surface area contributed by atoms with Gasteiger partial charge in [0.15, 0.2) is 16.1 Å². The first-order chi connectivity index (χ1) is 17.7. The first kappa shape index (κ1) is 27.4. The van der Waals surface area contributed by atoms with Crippen molar-refractivity contribution in [1.29, 1.82) is 0 Å². The van der Waals surface area contributed by atoms with Gasteiger partial charge in [-0.2, -0.15) is 0 Å². The molecule has 2 aromatic carbocycles. The van der Waals surface area contributed by atoms with Gasteiger partial charge in [-0.3, -0.25) is 9.59 Å². The van der Waals surface area contributed by atoms with Crippen molar-refractivity contribution < 1.29 is 9.59 Å². The van der Waals surface area contributed by atoms with Crippen LogP contribution in [0.25, 0.3) is 11.3 Å². The van der Waals surface area contributed by atoms with Crippen molar-refractivity contribution in [2.45, 2.75) is 31.6 Å². The molecule has 0 bridgehead atoms. The van der Waals surface area contributed by atoms with E-state index < -0.39 is 6.04 Å². The van der Waals surface area contributed by atoms with Crippen molar-refractivity contribution in [3.05, 3.63) is 74.3 Å². The smallest absolute Gasteiger partial charge is 0.251 e. The summed E-state index contributed by atoms with van der Waals surface area (Å²) < 4.78 is 1.86. The molecule has 8 nitrogen and oxygen atoms in total. The molecule has 2 N–H and O–H groups in total. The number of carbonyl (C=O) groups excluding carboxylic acids is 2. The Kier molecular flexibility index (Phi) is 9.09. The minimum atomic E-state index is -0.431. The minimum Gasteiger partial charge on any atom is -0.342 e. The Morgan fingerprint density at radius 1 is 1.08 bits per heavy atom. The van der Waals surface area contributed by atoms with E-state index in [2.05, 4.69) is 25.8 Å². The minimum absolute atomic E-state index is 0.123. The molecule has 0 fully saturated rings. The SMILES string of the molecule is CCn1c(SCC(=O)Nc2nc(-c3ccc(Cl)cc3)cs2)nnc1[C@H](C)NC(=O)c1ccc(Cl)c(Cl)c1. The Bertz CT molecular complexity index is 1420. The highest BCUT2D eigenvalue weighted by Crippen LogP contribution is 2.27. The average Bonchev–Trinajstić information content (AvgIpc) is 3.51. The molecule has 0 aliphatic rings. The molecule has 0 unspecified atom stereocenters. The Labute approximate surface area is 236 Å². The number of rotatable bonds is 9. The molecule has 0 saturated carbocycles. The Morgan fingerprint density at radius 2 is 1.84 bits per heavy atom. The Morgan fingerprint density at radius 3 is 2.54 bits per heavy atom. The molecule has 4 rings (SSSR count). The molecule has 0 aliphatic heterocycles. The molecule has 0 spiro atoms. The van der Waals surface area contributed by atoms with Crippen molar-refractivity contribution in [3.8, 4) is 11.3 Å². The predicted octanol–water partition coefficient (Wildman–Crippen LogP) is 6.60. The molecule has 2 aromatic heterocycles. The highest BCUT2D eigenvalue weighted by molar-refractivity contribution is 7.99. The van der Waals surface area contributed by atoms with Crippen LogP contribution in [0, 0.1) is 0 Å². The van der Waals surface area contributed by atoms with Crippen LogP contribution in [0.2, 0.25) is 15.1 Å². The van der Waals surface area contributed by atoms with Gasteiger partial charge in [0.05, 0.1) is 27.5 Å². The van der Waals surface area contributed by atoms with Crippen LogP contribution in [0.3, 0.4) is 0 Å². The number of halogens is 3. The zero-order valence-electron chi connectivity index (χ0n) is 19.7. The van der Waals surface area contributed by atoms with Crippen molar-refractivity contribution in [2.24, 2.45) is 0 Å². The molecule has 0 radical (unpaired) electrons. The summed E-state index contributed by atoms with van der Waals surface area (Å²) in [6.45, 7) is 4.32. The lowest BCUT2D eigenvalue weighted by Crippen LogP contribution is -2.28. The van der Waals surface area contributed by atoms with Crippen LogP contribution >= 0.6 is 57.9 Å². The number of benzene rings is 2. The van der Waals surface area contributed by atoms with Crippen LogP contribution in [-0.2, 0) is 11.3 Å². The largest absolute Gasteiger partial charge is 0.342 e. The first-order valence-corrected chi connectivity index (χ1v) is 14.1. The van der Waals surface area contributed by atoms with E-state index in [1.807, 2.05) is 35.9 Å². The second-order valence-corrected chi connectivity index (χ2v) is 10.8. The quantitative estimate of drug-likeness (QED) is 0.211. The van der Waals surface area contributed by atoms with Crippen molar-refractivity contribution in [1.82, 2.24) is 25.1 Å². The Hall–Kier alpha value is -2.63. The number of nitrogens with zero attached hydrogens (tertiary/aromatic N) is 4. The van der Waals surface area contributed by atoms with E-state index >= 15 is 0 Å². The maximum Gasteiger partial charge on any atom is 0.251 e. The summed E-state index contributed by atoms with van der Waals surface area (Å²) in [7, 11) is 0. The lowest BCUT2D eigenvalue weighted by molar-refractivity contribution is -0.113. The van der Waals surface area contributed by atoms with E-state index in [0.29, 0.717) is 43.3 Å². The van der Waals surface area contributed by atoms with Crippen molar-refractivity contribution >= 4 is 74.8 Å². The van der Waals surface area contributed by atoms with Crippen LogP contribution in [0.1, 0.15) is 36.1 Å². The van der Waals surface area contributed by atoms with E-state index in [9.17, 15) is 9.59 Å². The third kappa shape index (κ3) is 6.82. The van der Waals surface area contributed by atoms with Gasteiger partial charge in [0.1, 0.15) is 0 Å². The van der Waals surface area contributed by atoms with E-state index in [1.165, 1.54) is 29.2 Å². The van der Waals surface area contributed by atoms with Gasteiger partial charge in [0, 0.05) is 28.1 Å². The lowest BCUT2D eigenvalue weighted by atomic mass is 10.2. The number of carbonyl (C=O) groups is 2. The molecule has 0 aliphatic carbocycles. The summed E-state index contributed by atoms with van der Waals surface area (Å²) in [6, 6.07) is 11.6. The fourth-order valence-electron chi connectivity index (χ4n) is 3.38. The number of aromatic nitrogens is 4. The average molecular weight is 596 g/mol. The third-order valence-corrected chi connectivity index (χ3v) is 7.92. The van der Waals surface area contributed by atoms with Gasteiger partial charge in [-0.05, 0) is 44.2 Å². The number of amides is 2. The van der Waals surface area contributed by atoms with E-state index in [4.69, 9.17) is 34.8 Å². The number of hydrogen-bond donors (Lipinski definition) is 2. The summed E-state index contributed by atoms with van der Waals surface area (Å²) in [6.07, 6.45) is 0. The van der Waals surface area contributed by atoms with Gasteiger partial charge in [-0.15, -0.1) is 21.5 Å². The number of nitrogens with one attached hydrogen (secondary N) is 2. The van der Waals surface area contributed by atoms with Gasteiger partial charge < -0.3 is 15.2 Å². The van der Waals surface area contributed by atoms with Gasteiger partial charge in [0.25, 0.3) is 5.91 Å². The van der Waals surface area contributed by atoms with Gasteiger partial charge in [-0.25, -0.2) is 4.98 Å². The van der Waals surface area contributed by atoms with E-state index in [1.54, 1.807) is 24.3 Å². The van der Waals surface area contributed by atoms with Gasteiger partial charge >= 0.3 is 0 Å². The van der Waals surface area contributed by atoms with E-state index in [0.717, 1.165) is 11.3 Å². The molecular formula is C24H21Cl3N6O2S2. The zero-order valence-corrected chi connectivity index (χ0v) is 23.6. The summed E-state index contributed by atoms with van der Waals surface area (Å²) in [4.78, 5) is 29.7. The number of thiazole rings is 1. The van der Waals surface area contributed by atoms with Crippen molar-refractivity contribution in [3.63, 3.8) is 0 Å². The number of thioether (sulfide) groups is 1. The molecular weight excluding hydrogens is 575 g/mol. The molecule has 2 heterocycles. The second kappa shape index (κ2) is 12.3. The maximum atomic E-state index is 12.7. The highest BCUT2D eigenvalue weighted by Gasteiger charge is 2.21. The molecule has 37 heavy (non-hydrogen) atoms. The second-order valence-electron chi connectivity index (χ2n) is 7.79. The topological polar surface area (TPSA) is 102 Å². The van der Waals surface area contributed by atoms with Crippen LogP contribution in [0.4, 0.5) is 5.13 Å². The molecule has 2 amide bonds. The maximum absolute atomic E-state index is 12.7. The summed E-state index contributed by atoms with van der Waals surface area (Å²) in [5.74, 6) is 0.172. The monoisotopic (exact) mass is 594 g/mol. The van der Waals surface area contributed by atoms with Gasteiger partial charge in [-0.1, -0.05) is 58.7 Å². The fraction of sp³-hybridized carbons (Fsp3) is 0.208. The molecule has 13 heteroatoms. The van der Waals surface area contributed by atoms with Crippen LogP contribution in [0.5, 0.6) is 0 Å². The molecule has 0 saturated heterocycles. The summed E-state index contributed by atoms with van der Waals surface area (Å²) >= 11 is 20.5. The fourth-order valence-corrected chi connectivity index (χ4v) is 5.35. The van der Waals surface area contributed by atoms with Crippen LogP contribution in [-0.4, -0.2) is 37.3 Å². The van der Waals surface area contributed by atoms with Crippen LogP contribution < -0.4 is 10.6 Å². The predicted molar refractivity (Wildman–Crippen MR) is 150 cm³/mol. The normalized spacial score (nSPS) is 11.8. The first-order valence-electron chi connectivity index (χ1n) is 11.1. The molecule has 4 aromatic rings. The summed E-state index contributed by atoms with van der Waals surface area (Å²) in [5, 5.41) is 18.5. The summed E-state index contributed by atoms with van der Waals surface area (Å²) in [5.41, 5.74) is 2.06. The van der Waals surface area contributed by atoms with Gasteiger partial charge in [0.2, 0.25) is 5.91 Å². The standard InChI is InChI=1S/C24H21Cl3N6O2S2/c1-3-33-21(13(2)28-22(35)15-6-9-17(26)18(27)10-15)31-32-24(33)37-12-20(34)30-23-29-19(11-36-23)14-4-7-16(25)8-5-14/h4-11,13H,3,12H2,1-2H3,(H,28,35)(H,29,30,34)/t13-/m0/s1. The zero-order chi connectivity index (χ0) is 26.5. The van der Waals surface area contributed by atoms with E-state index in [-0.39, 0.29) is 17.6 Å². The number of anilines is 1. The lowest BCUT2D eigenvalue weighted by Gasteiger charge is -2.15.